The van der Waals surface area contributed by atoms with E-state index in [0.29, 0.717) is 0 Å². The summed E-state index contributed by atoms with van der Waals surface area (Å²) >= 11 is -11.8. The average molecular weight is 402 g/mol. The van der Waals surface area contributed by atoms with Crippen LogP contribution >= 0.6 is 0 Å². The van der Waals surface area contributed by atoms with Gasteiger partial charge < -0.3 is 0 Å². The second-order valence-electron chi connectivity index (χ2n) is 0.671. The number of hydrogen-bond acceptors (Lipinski definition) is 9. The molecule has 14 heavy (non-hydrogen) atoms. The van der Waals surface area contributed by atoms with E-state index in [1.165, 1.54) is 0 Å². The maximum absolute atomic E-state index is 8.56. The van der Waals surface area contributed by atoms with Crippen molar-refractivity contribution in [3.05, 3.63) is 0 Å². The molecule has 0 aromatic rings. The Bertz CT molecular complexity index is 208. The van der Waals surface area contributed by atoms with Gasteiger partial charge >= 0.3 is 113 Å². The van der Waals surface area contributed by atoms with Crippen LogP contribution in [0.2, 0.25) is 0 Å². The van der Waals surface area contributed by atoms with Gasteiger partial charge in [0.05, 0.1) is 0 Å². The second-order valence-corrected chi connectivity index (χ2v) is 2.77. The molecule has 14 heteroatoms. The Balaban J connectivity index is -0.0000000270. The van der Waals surface area contributed by atoms with E-state index in [1.807, 2.05) is 0 Å². The topological polar surface area (TPSA) is 200 Å². The van der Waals surface area contributed by atoms with E-state index < -0.39 is 46.2 Å². The Morgan fingerprint density at radius 3 is 0.571 bits per heavy atom. The van der Waals surface area contributed by atoms with Crippen LogP contribution in [0.15, 0.2) is 0 Å². The molecule has 0 N–H and O–H groups in total. The van der Waals surface area contributed by atoms with Gasteiger partial charge in [-0.25, -0.2) is 0 Å². The first kappa shape index (κ1) is 29.6. The van der Waals surface area contributed by atoms with Gasteiger partial charge in [-0.3, -0.25) is 0 Å². The largest absolute Gasteiger partial charge is 3.00 e. The fraction of sp³-hybridized carbons (Fsp3) is 0. The SMILES string of the molecule is [O].[O]=[V](=[O])[O-].[O]=[V](=[O])[O-].[O]=[V](=[O])[O-].[Y+3]. The average Bonchev–Trinajstić information content (AvgIpc) is 1.54. The van der Waals surface area contributed by atoms with Crippen molar-refractivity contribution in [1.29, 1.82) is 0 Å². The van der Waals surface area contributed by atoms with Crippen LogP contribution < -0.4 is 12.1 Å². The minimum absolute atomic E-state index is 0. The Morgan fingerprint density at radius 2 is 0.571 bits per heavy atom. The summed E-state index contributed by atoms with van der Waals surface area (Å²) in [5.74, 6) is 0. The molecule has 0 amide bonds. The minimum Gasteiger partial charge on any atom is 3.00 e. The van der Waals surface area contributed by atoms with Crippen LogP contribution in [0.4, 0.5) is 0 Å². The van der Waals surface area contributed by atoms with Crippen LogP contribution in [-0.2, 0) is 106 Å². The van der Waals surface area contributed by atoms with Gasteiger partial charge in [0.15, 0.2) is 0 Å². The molecule has 0 fully saturated rings. The predicted octanol–water partition coefficient (Wildman–Crippen LogP) is -4.41. The fourth-order valence-corrected chi connectivity index (χ4v) is 0. The molecule has 10 nitrogen and oxygen atoms in total. The van der Waals surface area contributed by atoms with Crippen molar-refractivity contribution >= 4 is 0 Å². The summed E-state index contributed by atoms with van der Waals surface area (Å²) in [5, 5.41) is 0. The summed E-state index contributed by atoms with van der Waals surface area (Å²) in [7, 11) is 0. The zero-order valence-electron chi connectivity index (χ0n) is 6.00. The maximum atomic E-state index is 8.56. The zero-order chi connectivity index (χ0) is 10.7. The quantitative estimate of drug-likeness (QED) is 0.384. The normalized spacial score (nSPS) is 5.36. The van der Waals surface area contributed by atoms with E-state index in [9.17, 15) is 0 Å². The Morgan fingerprint density at radius 1 is 0.571 bits per heavy atom. The summed E-state index contributed by atoms with van der Waals surface area (Å²) in [6.45, 7) is 0. The van der Waals surface area contributed by atoms with Crippen molar-refractivity contribution in [3.63, 3.8) is 0 Å². The van der Waals surface area contributed by atoms with Gasteiger partial charge in [-0.05, 0) is 0 Å². The van der Waals surface area contributed by atoms with Crippen molar-refractivity contribution in [2.75, 3.05) is 0 Å². The van der Waals surface area contributed by atoms with Gasteiger partial charge in [0.1, 0.15) is 0 Å². The van der Waals surface area contributed by atoms with Crippen molar-refractivity contribution in [1.82, 2.24) is 0 Å². The molecule has 0 aliphatic carbocycles. The molecule has 0 aromatic carbocycles. The third-order valence-electron chi connectivity index (χ3n) is 0. The van der Waals surface area contributed by atoms with Crippen LogP contribution in [0.1, 0.15) is 0 Å². The molecule has 0 aromatic heterocycles. The summed E-state index contributed by atoms with van der Waals surface area (Å²) < 4.78 is 77.1. The van der Waals surface area contributed by atoms with Gasteiger partial charge in [0.2, 0.25) is 0 Å². The third kappa shape index (κ3) is 940. The van der Waals surface area contributed by atoms with E-state index in [2.05, 4.69) is 0 Å². The Hall–Kier alpha value is 1.50. The first-order chi connectivity index (χ1) is 5.20. The number of rotatable bonds is 0. The molecule has 0 saturated heterocycles. The first-order valence-electron chi connectivity index (χ1n) is 1.64. The van der Waals surface area contributed by atoms with Crippen molar-refractivity contribution in [3.8, 4) is 0 Å². The van der Waals surface area contributed by atoms with Gasteiger partial charge in [-0.15, -0.1) is 0 Å². The fourth-order valence-electron chi connectivity index (χ4n) is 0. The Labute approximate surface area is 117 Å². The Kier molecular flexibility index (Phi) is 50.6. The third-order valence-corrected chi connectivity index (χ3v) is 0. The molecular weight excluding hydrogens is 402 g/mol. The van der Waals surface area contributed by atoms with Crippen LogP contribution in [0.5, 0.6) is 0 Å². The summed E-state index contributed by atoms with van der Waals surface area (Å²) in [6.07, 6.45) is 0. The molecule has 0 aliphatic rings. The molecule has 0 unspecified atom stereocenters. The molecule has 0 aliphatic heterocycles. The molecule has 0 atom stereocenters. The van der Waals surface area contributed by atoms with E-state index in [4.69, 9.17) is 34.1 Å². The van der Waals surface area contributed by atoms with Crippen LogP contribution in [-0.4, -0.2) is 0 Å². The molecule has 0 heterocycles. The molecule has 0 saturated carbocycles. The van der Waals surface area contributed by atoms with E-state index in [-0.39, 0.29) is 38.2 Å². The summed E-state index contributed by atoms with van der Waals surface area (Å²) in [5.41, 5.74) is 0. The molecule has 0 spiro atoms. The van der Waals surface area contributed by atoms with Gasteiger partial charge in [-0.2, -0.15) is 0 Å². The predicted molar refractivity (Wildman–Crippen MR) is 4.81 cm³/mol. The van der Waals surface area contributed by atoms with Crippen LogP contribution in [0.25, 0.3) is 0 Å². The molecular formula is O10V3Y. The molecule has 0 bridgehead atoms. The summed E-state index contributed by atoms with van der Waals surface area (Å²) in [4.78, 5) is 0. The molecule has 2 radical (unpaired) electrons. The summed E-state index contributed by atoms with van der Waals surface area (Å²) in [6, 6.07) is 0. The van der Waals surface area contributed by atoms with Gasteiger partial charge in [0, 0.05) is 5.48 Å². The standard InChI is InChI=1S/10O.3V.Y/q;;;;;;;3*-1;;;;+3. The maximum Gasteiger partial charge on any atom is 3.00 e. The molecule has 78 valence electrons. The second kappa shape index (κ2) is 24.0. The van der Waals surface area contributed by atoms with Crippen LogP contribution in [0.3, 0.4) is 0 Å². The smallest absolute Gasteiger partial charge is 3.00 e. The van der Waals surface area contributed by atoms with E-state index >= 15 is 0 Å². The zero-order valence-corrected chi connectivity index (χ0v) is 13.0. The van der Waals surface area contributed by atoms with Crippen LogP contribution in [0, 0.1) is 0 Å². The number of hydrogen-bond donors (Lipinski definition) is 0. The van der Waals surface area contributed by atoms with Crippen molar-refractivity contribution in [2.24, 2.45) is 0 Å². The van der Waals surface area contributed by atoms with Crippen molar-refractivity contribution in [2.45, 2.75) is 0 Å². The van der Waals surface area contributed by atoms with E-state index in [0.717, 1.165) is 0 Å². The molecule has 0 rings (SSSR count). The van der Waals surface area contributed by atoms with Gasteiger partial charge in [0.25, 0.3) is 0 Å². The monoisotopic (exact) mass is 402 g/mol. The minimum atomic E-state index is -3.94. The van der Waals surface area contributed by atoms with Gasteiger partial charge in [-0.1, -0.05) is 0 Å². The van der Waals surface area contributed by atoms with E-state index in [1.54, 1.807) is 0 Å². The van der Waals surface area contributed by atoms with Crippen molar-refractivity contribution < 1.29 is 119 Å². The first-order valence-corrected chi connectivity index (χ1v) is 6.77.